The number of hydrogen-bond acceptors (Lipinski definition) is 5. The monoisotopic (exact) mass is 407 g/mol. The predicted octanol–water partition coefficient (Wildman–Crippen LogP) is 3.02. The molecule has 1 N–H and O–H groups in total. The minimum absolute atomic E-state index is 0.111. The van der Waals surface area contributed by atoms with Crippen molar-refractivity contribution in [2.75, 3.05) is 7.11 Å². The molecule has 0 atom stereocenters. The number of carbonyl (C=O) groups excluding carboxylic acids is 1. The molecule has 0 aliphatic rings. The Morgan fingerprint density at radius 1 is 1.17 bits per heavy atom. The van der Waals surface area contributed by atoms with Crippen LogP contribution in [0.25, 0.3) is 5.78 Å². The van der Waals surface area contributed by atoms with Crippen LogP contribution in [0.15, 0.2) is 24.3 Å². The lowest BCUT2D eigenvalue weighted by atomic mass is 10.1. The van der Waals surface area contributed by atoms with Crippen molar-refractivity contribution in [2.24, 2.45) is 0 Å². The SMILES string of the molecule is COc1ccc(CNC(=O)CCc2c(C)nc3nc(C(F)(F)F)nn3c2C)cc1. The Labute approximate surface area is 164 Å². The molecule has 1 amide bonds. The van der Waals surface area contributed by atoms with Crippen LogP contribution >= 0.6 is 0 Å². The van der Waals surface area contributed by atoms with Crippen LogP contribution < -0.4 is 10.1 Å². The van der Waals surface area contributed by atoms with Crippen molar-refractivity contribution in [3.05, 3.63) is 52.6 Å². The van der Waals surface area contributed by atoms with Crippen molar-refractivity contribution < 1.29 is 22.7 Å². The van der Waals surface area contributed by atoms with Gasteiger partial charge in [0, 0.05) is 24.4 Å². The highest BCUT2D eigenvalue weighted by Crippen LogP contribution is 2.27. The Kier molecular flexibility index (Phi) is 5.71. The molecule has 0 fully saturated rings. The first-order valence-corrected chi connectivity index (χ1v) is 8.88. The smallest absolute Gasteiger partial charge is 0.453 e. The number of methoxy groups -OCH3 is 1. The van der Waals surface area contributed by atoms with Gasteiger partial charge in [0.25, 0.3) is 11.6 Å². The fourth-order valence-electron chi connectivity index (χ4n) is 2.96. The van der Waals surface area contributed by atoms with Gasteiger partial charge in [0.2, 0.25) is 5.91 Å². The number of fused-ring (bicyclic) bond motifs is 1. The Bertz CT molecular complexity index is 1030. The minimum Gasteiger partial charge on any atom is -0.497 e. The number of halogens is 3. The van der Waals surface area contributed by atoms with Crippen molar-refractivity contribution in [1.29, 1.82) is 0 Å². The molecule has 2 aromatic heterocycles. The number of aryl methyl sites for hydroxylation is 2. The fourth-order valence-corrected chi connectivity index (χ4v) is 2.96. The molecule has 0 saturated heterocycles. The van der Waals surface area contributed by atoms with Crippen LogP contribution in [0.4, 0.5) is 13.2 Å². The van der Waals surface area contributed by atoms with Gasteiger partial charge in [-0.05, 0) is 43.5 Å². The number of alkyl halides is 3. The van der Waals surface area contributed by atoms with E-state index in [4.69, 9.17) is 4.74 Å². The highest BCUT2D eigenvalue weighted by molar-refractivity contribution is 5.76. The average molecular weight is 407 g/mol. The van der Waals surface area contributed by atoms with E-state index in [9.17, 15) is 18.0 Å². The summed E-state index contributed by atoms with van der Waals surface area (Å²) in [5.41, 5.74) is 2.62. The molecule has 3 aromatic rings. The summed E-state index contributed by atoms with van der Waals surface area (Å²) in [7, 11) is 1.58. The molecular formula is C19H20F3N5O2. The Morgan fingerprint density at radius 3 is 2.48 bits per heavy atom. The molecular weight excluding hydrogens is 387 g/mol. The van der Waals surface area contributed by atoms with Gasteiger partial charge in [-0.2, -0.15) is 18.2 Å². The van der Waals surface area contributed by atoms with Crippen LogP contribution in [0.1, 0.15) is 34.8 Å². The molecule has 0 aliphatic heterocycles. The van der Waals surface area contributed by atoms with Crippen molar-refractivity contribution in [1.82, 2.24) is 24.9 Å². The molecule has 1 aromatic carbocycles. The predicted molar refractivity (Wildman–Crippen MR) is 98.4 cm³/mol. The van der Waals surface area contributed by atoms with Gasteiger partial charge in [-0.15, -0.1) is 5.10 Å². The van der Waals surface area contributed by atoms with Gasteiger partial charge in [-0.1, -0.05) is 12.1 Å². The molecule has 0 radical (unpaired) electrons. The molecule has 10 heteroatoms. The summed E-state index contributed by atoms with van der Waals surface area (Å²) >= 11 is 0. The van der Waals surface area contributed by atoms with Gasteiger partial charge < -0.3 is 10.1 Å². The topological polar surface area (TPSA) is 81.4 Å². The van der Waals surface area contributed by atoms with Gasteiger partial charge in [0.15, 0.2) is 0 Å². The summed E-state index contributed by atoms with van der Waals surface area (Å²) in [4.78, 5) is 19.7. The van der Waals surface area contributed by atoms with E-state index in [1.165, 1.54) is 0 Å². The molecule has 3 rings (SSSR count). The second kappa shape index (κ2) is 8.06. The number of benzene rings is 1. The highest BCUT2D eigenvalue weighted by Gasteiger charge is 2.36. The van der Waals surface area contributed by atoms with Crippen molar-refractivity contribution >= 4 is 11.7 Å². The number of nitrogens with zero attached hydrogens (tertiary/aromatic N) is 4. The third-order valence-electron chi connectivity index (χ3n) is 4.55. The number of ether oxygens (including phenoxy) is 1. The fraction of sp³-hybridized carbons (Fsp3) is 0.368. The van der Waals surface area contributed by atoms with E-state index >= 15 is 0 Å². The van der Waals surface area contributed by atoms with E-state index in [0.717, 1.165) is 15.8 Å². The van der Waals surface area contributed by atoms with Crippen molar-refractivity contribution in [3.63, 3.8) is 0 Å². The lowest BCUT2D eigenvalue weighted by Crippen LogP contribution is -2.23. The molecule has 0 bridgehead atoms. The van der Waals surface area contributed by atoms with Crippen LogP contribution in [0.2, 0.25) is 0 Å². The van der Waals surface area contributed by atoms with E-state index < -0.39 is 12.0 Å². The first-order valence-electron chi connectivity index (χ1n) is 8.88. The molecule has 29 heavy (non-hydrogen) atoms. The largest absolute Gasteiger partial charge is 0.497 e. The maximum Gasteiger partial charge on any atom is 0.453 e. The van der Waals surface area contributed by atoms with E-state index in [0.29, 0.717) is 29.9 Å². The Hall–Kier alpha value is -3.17. The summed E-state index contributed by atoms with van der Waals surface area (Å²) in [6.07, 6.45) is -4.14. The normalized spacial score (nSPS) is 11.7. The third kappa shape index (κ3) is 4.64. The molecule has 0 unspecified atom stereocenters. The maximum absolute atomic E-state index is 12.9. The van der Waals surface area contributed by atoms with Gasteiger partial charge in [0.05, 0.1) is 7.11 Å². The molecule has 0 aliphatic carbocycles. The molecule has 154 valence electrons. The zero-order valence-electron chi connectivity index (χ0n) is 16.2. The number of aromatic nitrogens is 4. The van der Waals surface area contributed by atoms with E-state index in [2.05, 4.69) is 20.4 Å². The van der Waals surface area contributed by atoms with Gasteiger partial charge in [0.1, 0.15) is 5.75 Å². The molecule has 7 nitrogen and oxygen atoms in total. The minimum atomic E-state index is -4.64. The summed E-state index contributed by atoms with van der Waals surface area (Å²) < 4.78 is 44.7. The van der Waals surface area contributed by atoms with E-state index in [1.54, 1.807) is 21.0 Å². The first-order chi connectivity index (χ1) is 13.7. The van der Waals surface area contributed by atoms with Crippen molar-refractivity contribution in [3.8, 4) is 5.75 Å². The molecule has 0 saturated carbocycles. The number of hydrogen-bond donors (Lipinski definition) is 1. The van der Waals surface area contributed by atoms with E-state index in [1.807, 2.05) is 24.3 Å². The summed E-state index contributed by atoms with van der Waals surface area (Å²) in [6, 6.07) is 7.33. The van der Waals surface area contributed by atoms with E-state index in [-0.39, 0.29) is 18.1 Å². The van der Waals surface area contributed by atoms with Gasteiger partial charge in [-0.25, -0.2) is 9.50 Å². The highest BCUT2D eigenvalue weighted by atomic mass is 19.4. The maximum atomic E-state index is 12.9. The van der Waals surface area contributed by atoms with Crippen LogP contribution in [-0.2, 0) is 23.9 Å². The second-order valence-corrected chi connectivity index (χ2v) is 6.53. The lowest BCUT2D eigenvalue weighted by molar-refractivity contribution is -0.144. The van der Waals surface area contributed by atoms with Crippen molar-refractivity contribution in [2.45, 2.75) is 39.4 Å². The standard InChI is InChI=1S/C19H20F3N5O2/c1-11-15(12(2)27-18(24-11)25-17(26-27)19(20,21)22)8-9-16(28)23-10-13-4-6-14(29-3)7-5-13/h4-7H,8-10H2,1-3H3,(H,23,28). The molecule has 0 spiro atoms. The van der Waals surface area contributed by atoms with Gasteiger partial charge in [-0.3, -0.25) is 4.79 Å². The lowest BCUT2D eigenvalue weighted by Gasteiger charge is -2.11. The van der Waals surface area contributed by atoms with Crippen LogP contribution in [0.5, 0.6) is 5.75 Å². The number of rotatable bonds is 6. The van der Waals surface area contributed by atoms with Crippen LogP contribution in [0, 0.1) is 13.8 Å². The summed E-state index contributed by atoms with van der Waals surface area (Å²) in [5.74, 6) is -0.785. The van der Waals surface area contributed by atoms with Crippen LogP contribution in [-0.4, -0.2) is 32.6 Å². The van der Waals surface area contributed by atoms with Crippen LogP contribution in [0.3, 0.4) is 0 Å². The zero-order chi connectivity index (χ0) is 21.2. The van der Waals surface area contributed by atoms with Gasteiger partial charge >= 0.3 is 6.18 Å². The summed E-state index contributed by atoms with van der Waals surface area (Å²) in [5, 5.41) is 6.33. The zero-order valence-corrected chi connectivity index (χ0v) is 16.2. The Morgan fingerprint density at radius 2 is 1.86 bits per heavy atom. The quantitative estimate of drug-likeness (QED) is 0.679. The first kappa shape index (κ1) is 20.6. The third-order valence-corrected chi connectivity index (χ3v) is 4.55. The Balaban J connectivity index is 1.66. The second-order valence-electron chi connectivity index (χ2n) is 6.53. The number of nitrogens with one attached hydrogen (secondary N) is 1. The summed E-state index contributed by atoms with van der Waals surface area (Å²) in [6.45, 7) is 3.69. The molecule has 2 heterocycles. The average Bonchev–Trinajstić information content (AvgIpc) is 3.11. The number of amides is 1. The number of carbonyl (C=O) groups is 1.